The summed E-state index contributed by atoms with van der Waals surface area (Å²) in [6.07, 6.45) is 3.71. The topological polar surface area (TPSA) is 94.8 Å². The van der Waals surface area contributed by atoms with Gasteiger partial charge in [-0.15, -0.1) is 0 Å². The predicted molar refractivity (Wildman–Crippen MR) is 109 cm³/mol. The van der Waals surface area contributed by atoms with Crippen molar-refractivity contribution in [3.8, 4) is 5.88 Å². The summed E-state index contributed by atoms with van der Waals surface area (Å²) in [5.41, 5.74) is 2.18. The molecule has 0 bridgehead atoms. The monoisotopic (exact) mass is 442 g/mol. The Kier molecular flexibility index (Phi) is 5.97. The van der Waals surface area contributed by atoms with Crippen molar-refractivity contribution in [2.75, 3.05) is 11.9 Å². The van der Waals surface area contributed by atoms with Crippen LogP contribution in [0.15, 0.2) is 61.3 Å². The van der Waals surface area contributed by atoms with Gasteiger partial charge in [0.2, 0.25) is 11.8 Å². The van der Waals surface area contributed by atoms with Crippen LogP contribution in [-0.4, -0.2) is 43.4 Å². The smallest absolute Gasteiger partial charge is 0.422 e. The number of amides is 1. The molecule has 0 aromatic carbocycles. The third kappa shape index (κ3) is 5.56. The number of halogens is 3. The molecule has 0 saturated heterocycles. The zero-order valence-corrected chi connectivity index (χ0v) is 16.6. The average molecular weight is 442 g/mol. The Balaban J connectivity index is 1.44. The number of nitrogens with zero attached hydrogens (tertiary/aromatic N) is 5. The summed E-state index contributed by atoms with van der Waals surface area (Å²) in [6.45, 7) is -1.07. The fraction of sp³-hybridized carbons (Fsp3) is 0.190. The minimum atomic E-state index is -4.42. The molecule has 8 nitrogen and oxygen atoms in total. The van der Waals surface area contributed by atoms with E-state index in [0.29, 0.717) is 28.8 Å². The van der Waals surface area contributed by atoms with Crippen molar-refractivity contribution in [1.29, 1.82) is 0 Å². The number of nitrogens with one attached hydrogen (secondary N) is 1. The first-order valence-corrected chi connectivity index (χ1v) is 9.51. The molecule has 4 rings (SSSR count). The number of carbonyl (C=O) groups is 1. The number of rotatable bonds is 7. The van der Waals surface area contributed by atoms with Crippen molar-refractivity contribution in [2.45, 2.75) is 19.1 Å². The van der Waals surface area contributed by atoms with Crippen LogP contribution in [0.5, 0.6) is 5.88 Å². The second kappa shape index (κ2) is 9.00. The van der Waals surface area contributed by atoms with Crippen LogP contribution < -0.4 is 10.1 Å². The lowest BCUT2D eigenvalue weighted by molar-refractivity contribution is -0.154. The SMILES string of the molecule is O=C(Cc1ccncc1)Nc1nccc2nn(Cc3ccc(OCC(F)(F)F)nc3)cc12. The van der Waals surface area contributed by atoms with E-state index >= 15 is 0 Å². The fourth-order valence-electron chi connectivity index (χ4n) is 2.97. The minimum Gasteiger partial charge on any atom is -0.468 e. The van der Waals surface area contributed by atoms with Crippen molar-refractivity contribution in [3.63, 3.8) is 0 Å². The third-order valence-corrected chi connectivity index (χ3v) is 4.38. The molecule has 0 spiro atoms. The summed E-state index contributed by atoms with van der Waals surface area (Å²) >= 11 is 0. The number of ether oxygens (including phenoxy) is 1. The number of fused-ring (bicyclic) bond motifs is 1. The van der Waals surface area contributed by atoms with Crippen LogP contribution in [0.1, 0.15) is 11.1 Å². The van der Waals surface area contributed by atoms with Gasteiger partial charge in [-0.1, -0.05) is 6.07 Å². The molecule has 4 aromatic rings. The van der Waals surface area contributed by atoms with Gasteiger partial charge < -0.3 is 10.1 Å². The Labute approximate surface area is 180 Å². The fourth-order valence-corrected chi connectivity index (χ4v) is 2.97. The standard InChI is InChI=1S/C21H17F3N6O2/c22-21(23,24)13-32-19-2-1-15(10-27-19)11-30-12-16-17(29-30)5-8-26-20(16)28-18(31)9-14-3-6-25-7-4-14/h1-8,10,12H,9,11,13H2,(H,26,28,31). The second-order valence-electron chi connectivity index (χ2n) is 6.91. The third-order valence-electron chi connectivity index (χ3n) is 4.38. The number of pyridine rings is 3. The highest BCUT2D eigenvalue weighted by atomic mass is 19.4. The predicted octanol–water partition coefficient (Wildman–Crippen LogP) is 3.39. The number of hydrogen-bond donors (Lipinski definition) is 1. The van der Waals surface area contributed by atoms with Gasteiger partial charge in [-0.3, -0.25) is 14.5 Å². The van der Waals surface area contributed by atoms with E-state index in [2.05, 4.69) is 30.1 Å². The number of alkyl halides is 3. The van der Waals surface area contributed by atoms with Gasteiger partial charge in [-0.05, 0) is 29.3 Å². The quantitative estimate of drug-likeness (QED) is 0.472. The maximum atomic E-state index is 12.4. The Bertz CT molecular complexity index is 1210. The average Bonchev–Trinajstić information content (AvgIpc) is 3.17. The van der Waals surface area contributed by atoms with Gasteiger partial charge >= 0.3 is 6.18 Å². The lowest BCUT2D eigenvalue weighted by Crippen LogP contribution is -2.19. The number of anilines is 1. The Morgan fingerprint density at radius 2 is 1.84 bits per heavy atom. The maximum absolute atomic E-state index is 12.4. The van der Waals surface area contributed by atoms with E-state index in [1.807, 2.05) is 0 Å². The Morgan fingerprint density at radius 3 is 2.56 bits per heavy atom. The molecule has 0 aliphatic carbocycles. The summed E-state index contributed by atoms with van der Waals surface area (Å²) < 4.78 is 42.9. The number of hydrogen-bond acceptors (Lipinski definition) is 6. The normalized spacial score (nSPS) is 11.5. The molecule has 1 N–H and O–H groups in total. The lowest BCUT2D eigenvalue weighted by Gasteiger charge is -2.08. The van der Waals surface area contributed by atoms with Crippen LogP contribution in [0.3, 0.4) is 0 Å². The molecular weight excluding hydrogens is 425 g/mol. The number of aromatic nitrogens is 5. The largest absolute Gasteiger partial charge is 0.468 e. The summed E-state index contributed by atoms with van der Waals surface area (Å²) in [4.78, 5) is 24.4. The number of carbonyl (C=O) groups excluding carboxylic acids is 1. The van der Waals surface area contributed by atoms with E-state index in [4.69, 9.17) is 0 Å². The first kappa shape index (κ1) is 21.2. The molecule has 0 fully saturated rings. The molecule has 4 heterocycles. The summed E-state index contributed by atoms with van der Waals surface area (Å²) in [5, 5.41) is 7.92. The molecule has 0 aliphatic heterocycles. The van der Waals surface area contributed by atoms with Gasteiger partial charge in [0.15, 0.2) is 6.61 Å². The van der Waals surface area contributed by atoms with E-state index in [1.54, 1.807) is 53.7 Å². The van der Waals surface area contributed by atoms with E-state index in [9.17, 15) is 18.0 Å². The first-order chi connectivity index (χ1) is 15.4. The molecular formula is C21H17F3N6O2. The van der Waals surface area contributed by atoms with Gasteiger partial charge in [-0.25, -0.2) is 9.97 Å². The van der Waals surface area contributed by atoms with Crippen molar-refractivity contribution >= 4 is 22.6 Å². The van der Waals surface area contributed by atoms with Crippen molar-refractivity contribution in [1.82, 2.24) is 24.7 Å². The van der Waals surface area contributed by atoms with Crippen LogP contribution in [-0.2, 0) is 17.8 Å². The Morgan fingerprint density at radius 1 is 1.03 bits per heavy atom. The summed E-state index contributed by atoms with van der Waals surface area (Å²) in [6, 6.07) is 8.23. The van der Waals surface area contributed by atoms with Gasteiger partial charge in [0, 0.05) is 37.1 Å². The maximum Gasteiger partial charge on any atom is 0.422 e. The minimum absolute atomic E-state index is 0.111. The zero-order chi connectivity index (χ0) is 22.6. The molecule has 1 amide bonds. The van der Waals surface area contributed by atoms with Crippen LogP contribution in [0.25, 0.3) is 10.9 Å². The van der Waals surface area contributed by atoms with Crippen LogP contribution >= 0.6 is 0 Å². The molecule has 4 aromatic heterocycles. The van der Waals surface area contributed by atoms with Crippen LogP contribution in [0.4, 0.5) is 19.0 Å². The first-order valence-electron chi connectivity index (χ1n) is 9.51. The summed E-state index contributed by atoms with van der Waals surface area (Å²) in [7, 11) is 0. The molecule has 11 heteroatoms. The van der Waals surface area contributed by atoms with E-state index in [0.717, 1.165) is 5.56 Å². The molecule has 0 radical (unpaired) electrons. The highest BCUT2D eigenvalue weighted by Crippen LogP contribution is 2.21. The van der Waals surface area contributed by atoms with E-state index in [1.165, 1.54) is 12.3 Å². The Hall–Kier alpha value is -4.02. The van der Waals surface area contributed by atoms with Gasteiger partial charge in [-0.2, -0.15) is 18.3 Å². The molecule has 164 valence electrons. The van der Waals surface area contributed by atoms with Crippen LogP contribution in [0, 0.1) is 0 Å². The van der Waals surface area contributed by atoms with Crippen molar-refractivity contribution in [3.05, 3.63) is 72.4 Å². The molecule has 0 saturated carbocycles. The highest BCUT2D eigenvalue weighted by Gasteiger charge is 2.28. The van der Waals surface area contributed by atoms with E-state index in [-0.39, 0.29) is 18.2 Å². The lowest BCUT2D eigenvalue weighted by atomic mass is 10.2. The van der Waals surface area contributed by atoms with Gasteiger partial charge in [0.25, 0.3) is 0 Å². The van der Waals surface area contributed by atoms with Crippen molar-refractivity contribution in [2.24, 2.45) is 0 Å². The van der Waals surface area contributed by atoms with Gasteiger partial charge in [0.05, 0.1) is 23.9 Å². The highest BCUT2D eigenvalue weighted by molar-refractivity contribution is 5.99. The molecule has 0 atom stereocenters. The molecule has 0 aliphatic rings. The molecule has 32 heavy (non-hydrogen) atoms. The van der Waals surface area contributed by atoms with E-state index < -0.39 is 12.8 Å². The zero-order valence-electron chi connectivity index (χ0n) is 16.6. The molecule has 0 unspecified atom stereocenters. The van der Waals surface area contributed by atoms with Crippen molar-refractivity contribution < 1.29 is 22.7 Å². The second-order valence-corrected chi connectivity index (χ2v) is 6.91. The van der Waals surface area contributed by atoms with Gasteiger partial charge in [0.1, 0.15) is 5.82 Å². The summed E-state index contributed by atoms with van der Waals surface area (Å²) in [5.74, 6) is 0.0597. The van der Waals surface area contributed by atoms with Crippen LogP contribution in [0.2, 0.25) is 0 Å².